The van der Waals surface area contributed by atoms with Gasteiger partial charge < -0.3 is 16.0 Å². The number of rotatable bonds is 1. The van der Waals surface area contributed by atoms with Gasteiger partial charge in [0.1, 0.15) is 0 Å². The van der Waals surface area contributed by atoms with E-state index < -0.39 is 0 Å². The minimum atomic E-state index is 0.747. The van der Waals surface area contributed by atoms with Crippen LogP contribution in [0.4, 0.5) is 11.4 Å². The van der Waals surface area contributed by atoms with E-state index in [2.05, 4.69) is 6.58 Å². The van der Waals surface area contributed by atoms with E-state index in [0.717, 1.165) is 33.2 Å². The number of nitrogens with zero attached hydrogens (tertiary/aromatic N) is 1. The normalized spacial score (nSPS) is 11.1. The summed E-state index contributed by atoms with van der Waals surface area (Å²) in [6, 6.07) is 11.7. The molecule has 3 rings (SSSR count). The number of anilines is 2. The van der Waals surface area contributed by atoms with Crippen LogP contribution in [0.15, 0.2) is 43.0 Å². The van der Waals surface area contributed by atoms with Gasteiger partial charge in [-0.1, -0.05) is 18.7 Å². The molecule has 0 aliphatic heterocycles. The van der Waals surface area contributed by atoms with Gasteiger partial charge >= 0.3 is 0 Å². The first-order valence-electron chi connectivity index (χ1n) is 5.42. The second-order valence-corrected chi connectivity index (χ2v) is 4.07. The number of hydrogen-bond acceptors (Lipinski definition) is 2. The molecule has 0 atom stereocenters. The molecule has 0 aliphatic carbocycles. The van der Waals surface area contributed by atoms with Crippen molar-refractivity contribution in [2.24, 2.45) is 0 Å². The monoisotopic (exact) mass is 223 g/mol. The van der Waals surface area contributed by atoms with Gasteiger partial charge in [-0.3, -0.25) is 0 Å². The van der Waals surface area contributed by atoms with Gasteiger partial charge in [-0.25, -0.2) is 0 Å². The van der Waals surface area contributed by atoms with Crippen molar-refractivity contribution in [3.05, 3.63) is 43.0 Å². The third kappa shape index (κ3) is 1.22. The van der Waals surface area contributed by atoms with Crippen molar-refractivity contribution < 1.29 is 0 Å². The van der Waals surface area contributed by atoms with Crippen LogP contribution < -0.4 is 11.5 Å². The van der Waals surface area contributed by atoms with E-state index in [1.165, 1.54) is 0 Å². The summed E-state index contributed by atoms with van der Waals surface area (Å²) in [6.07, 6.45) is 1.78. The third-order valence-corrected chi connectivity index (χ3v) is 3.06. The molecule has 0 unspecified atom stereocenters. The molecule has 3 nitrogen and oxygen atoms in total. The zero-order chi connectivity index (χ0) is 12.0. The maximum Gasteiger partial charge on any atom is 0.0765 e. The zero-order valence-corrected chi connectivity index (χ0v) is 9.35. The SMILES string of the molecule is C=Cn1c2ccc(N)cc2c2cccc(N)c21. The molecule has 0 saturated carbocycles. The molecule has 1 heterocycles. The van der Waals surface area contributed by atoms with Gasteiger partial charge in [0.05, 0.1) is 16.7 Å². The Bertz CT molecular complexity index is 738. The van der Waals surface area contributed by atoms with Crippen molar-refractivity contribution in [1.29, 1.82) is 0 Å². The molecule has 0 amide bonds. The Balaban J connectivity index is 2.66. The Hall–Kier alpha value is -2.42. The van der Waals surface area contributed by atoms with E-state index in [1.54, 1.807) is 6.20 Å². The Labute approximate surface area is 98.9 Å². The summed E-state index contributed by atoms with van der Waals surface area (Å²) >= 11 is 0. The van der Waals surface area contributed by atoms with E-state index in [9.17, 15) is 0 Å². The van der Waals surface area contributed by atoms with Gasteiger partial charge in [0, 0.05) is 22.7 Å². The maximum atomic E-state index is 6.03. The number of nitrogen functional groups attached to an aromatic ring is 2. The number of hydrogen-bond donors (Lipinski definition) is 2. The first-order chi connectivity index (χ1) is 8.22. The van der Waals surface area contributed by atoms with Crippen LogP contribution in [0.25, 0.3) is 28.0 Å². The fraction of sp³-hybridized carbons (Fsp3) is 0. The quantitative estimate of drug-likeness (QED) is 0.623. The van der Waals surface area contributed by atoms with Crippen molar-refractivity contribution in [3.8, 4) is 0 Å². The highest BCUT2D eigenvalue weighted by Gasteiger charge is 2.10. The number of nitrogens with two attached hydrogens (primary N) is 2. The summed E-state index contributed by atoms with van der Waals surface area (Å²) in [5, 5.41) is 2.21. The standard InChI is InChI=1S/C14H13N3/c1-2-17-13-7-6-9(15)8-11(13)10-4-3-5-12(16)14(10)17/h2-8H,1,15-16H2. The molecule has 84 valence electrons. The molecular formula is C14H13N3. The van der Waals surface area contributed by atoms with Crippen LogP contribution in [0.3, 0.4) is 0 Å². The van der Waals surface area contributed by atoms with Gasteiger partial charge in [0.25, 0.3) is 0 Å². The molecule has 0 fully saturated rings. The van der Waals surface area contributed by atoms with Crippen molar-refractivity contribution in [3.63, 3.8) is 0 Å². The summed E-state index contributed by atoms with van der Waals surface area (Å²) < 4.78 is 2.00. The van der Waals surface area contributed by atoms with E-state index in [1.807, 2.05) is 41.0 Å². The summed E-state index contributed by atoms with van der Waals surface area (Å²) in [4.78, 5) is 0. The van der Waals surface area contributed by atoms with E-state index >= 15 is 0 Å². The lowest BCUT2D eigenvalue weighted by Gasteiger charge is -2.01. The van der Waals surface area contributed by atoms with Crippen LogP contribution in [0.2, 0.25) is 0 Å². The van der Waals surface area contributed by atoms with Crippen LogP contribution in [0.5, 0.6) is 0 Å². The average molecular weight is 223 g/mol. The van der Waals surface area contributed by atoms with E-state index in [0.29, 0.717) is 0 Å². The van der Waals surface area contributed by atoms with Crippen LogP contribution in [0.1, 0.15) is 0 Å². The summed E-state index contributed by atoms with van der Waals surface area (Å²) in [6.45, 7) is 3.84. The average Bonchev–Trinajstić information content (AvgIpc) is 2.64. The van der Waals surface area contributed by atoms with Gasteiger partial charge in [0.15, 0.2) is 0 Å². The molecule has 4 N–H and O–H groups in total. The minimum absolute atomic E-state index is 0.747. The number of aromatic nitrogens is 1. The van der Waals surface area contributed by atoms with E-state index in [4.69, 9.17) is 11.5 Å². The largest absolute Gasteiger partial charge is 0.399 e. The molecule has 0 saturated heterocycles. The smallest absolute Gasteiger partial charge is 0.0765 e. The minimum Gasteiger partial charge on any atom is -0.399 e. The molecular weight excluding hydrogens is 210 g/mol. The lowest BCUT2D eigenvalue weighted by molar-refractivity contribution is 1.30. The lowest BCUT2D eigenvalue weighted by Crippen LogP contribution is -1.91. The highest BCUT2D eigenvalue weighted by molar-refractivity contribution is 6.13. The predicted molar refractivity (Wildman–Crippen MR) is 74.7 cm³/mol. The highest BCUT2D eigenvalue weighted by Crippen LogP contribution is 2.33. The molecule has 0 aliphatic rings. The molecule has 2 aromatic carbocycles. The Morgan fingerprint density at radius 1 is 1.06 bits per heavy atom. The first kappa shape index (κ1) is 9.78. The summed E-state index contributed by atoms with van der Waals surface area (Å²) in [7, 11) is 0. The topological polar surface area (TPSA) is 57.0 Å². The van der Waals surface area contributed by atoms with Crippen LogP contribution in [0, 0.1) is 0 Å². The second-order valence-electron chi connectivity index (χ2n) is 4.07. The van der Waals surface area contributed by atoms with Crippen LogP contribution >= 0.6 is 0 Å². The molecule has 0 spiro atoms. The Morgan fingerprint density at radius 2 is 1.88 bits per heavy atom. The molecule has 17 heavy (non-hydrogen) atoms. The van der Waals surface area contributed by atoms with Crippen molar-refractivity contribution in [1.82, 2.24) is 4.57 Å². The van der Waals surface area contributed by atoms with Gasteiger partial charge in [-0.15, -0.1) is 0 Å². The summed E-state index contributed by atoms with van der Waals surface area (Å²) in [5.41, 5.74) is 15.4. The fourth-order valence-corrected chi connectivity index (χ4v) is 2.34. The van der Waals surface area contributed by atoms with E-state index in [-0.39, 0.29) is 0 Å². The molecule has 0 bridgehead atoms. The Kier molecular flexibility index (Phi) is 1.89. The zero-order valence-electron chi connectivity index (χ0n) is 9.35. The lowest BCUT2D eigenvalue weighted by atomic mass is 10.1. The predicted octanol–water partition coefficient (Wildman–Crippen LogP) is 3.06. The summed E-state index contributed by atoms with van der Waals surface area (Å²) in [5.74, 6) is 0. The second kappa shape index (κ2) is 3.28. The Morgan fingerprint density at radius 3 is 2.65 bits per heavy atom. The molecule has 3 aromatic rings. The van der Waals surface area contributed by atoms with Crippen LogP contribution in [-0.4, -0.2) is 4.57 Å². The van der Waals surface area contributed by atoms with Gasteiger partial charge in [0.2, 0.25) is 0 Å². The number of benzene rings is 2. The van der Waals surface area contributed by atoms with Crippen molar-refractivity contribution in [2.45, 2.75) is 0 Å². The number of para-hydroxylation sites is 1. The van der Waals surface area contributed by atoms with Gasteiger partial charge in [-0.05, 0) is 24.3 Å². The van der Waals surface area contributed by atoms with Crippen molar-refractivity contribution in [2.75, 3.05) is 11.5 Å². The molecule has 0 radical (unpaired) electrons. The third-order valence-electron chi connectivity index (χ3n) is 3.06. The highest BCUT2D eigenvalue weighted by atomic mass is 15.0. The van der Waals surface area contributed by atoms with Gasteiger partial charge in [-0.2, -0.15) is 0 Å². The van der Waals surface area contributed by atoms with Crippen molar-refractivity contribution >= 4 is 39.4 Å². The number of fused-ring (bicyclic) bond motifs is 3. The first-order valence-corrected chi connectivity index (χ1v) is 5.42. The molecule has 1 aromatic heterocycles. The van der Waals surface area contributed by atoms with Crippen LogP contribution in [-0.2, 0) is 0 Å². The molecule has 3 heteroatoms. The fourth-order valence-electron chi connectivity index (χ4n) is 2.34. The maximum absolute atomic E-state index is 6.03.